The third-order valence-corrected chi connectivity index (χ3v) is 3.85. The summed E-state index contributed by atoms with van der Waals surface area (Å²) in [5.41, 5.74) is 3.98. The maximum Gasteiger partial charge on any atom is 0.242 e. The molecule has 1 unspecified atom stereocenters. The molecule has 0 heterocycles. The van der Waals surface area contributed by atoms with Crippen LogP contribution in [0.25, 0.3) is 0 Å². The fourth-order valence-corrected chi connectivity index (χ4v) is 2.67. The summed E-state index contributed by atoms with van der Waals surface area (Å²) in [5.74, 6) is 0.558. The van der Waals surface area contributed by atoms with E-state index in [0.717, 1.165) is 18.7 Å². The Balaban J connectivity index is 2.01. The van der Waals surface area contributed by atoms with Crippen LogP contribution < -0.4 is 10.6 Å². The number of anilines is 1. The first-order chi connectivity index (χ1) is 9.58. The summed E-state index contributed by atoms with van der Waals surface area (Å²) in [7, 11) is 0. The third kappa shape index (κ3) is 3.75. The molecular formula is C17H26N2O. The van der Waals surface area contributed by atoms with E-state index in [4.69, 9.17) is 0 Å². The highest BCUT2D eigenvalue weighted by Crippen LogP contribution is 2.28. The van der Waals surface area contributed by atoms with Crippen LogP contribution in [0.3, 0.4) is 0 Å². The average molecular weight is 274 g/mol. The summed E-state index contributed by atoms with van der Waals surface area (Å²) in [6, 6.07) is 6.20. The Bertz CT molecular complexity index is 468. The van der Waals surface area contributed by atoms with E-state index in [0.29, 0.717) is 5.92 Å². The standard InChI is InChI=1S/C17H26N2O/c1-12(2)11-18-17(20)13(3)19-16-10-6-8-14-7-4-5-9-15(14)16/h6,8,10,12-13,19H,4-5,7,9,11H2,1-3H3,(H,18,20). The van der Waals surface area contributed by atoms with E-state index in [1.807, 2.05) is 6.92 Å². The summed E-state index contributed by atoms with van der Waals surface area (Å²) < 4.78 is 0. The smallest absolute Gasteiger partial charge is 0.242 e. The third-order valence-electron chi connectivity index (χ3n) is 3.85. The minimum absolute atomic E-state index is 0.0760. The Hall–Kier alpha value is -1.51. The highest BCUT2D eigenvalue weighted by atomic mass is 16.2. The molecule has 0 spiro atoms. The maximum atomic E-state index is 12.0. The van der Waals surface area contributed by atoms with Crippen LogP contribution >= 0.6 is 0 Å². The number of rotatable bonds is 5. The first-order valence-electron chi connectivity index (χ1n) is 7.73. The Labute approximate surface area is 122 Å². The highest BCUT2D eigenvalue weighted by molar-refractivity contribution is 5.84. The van der Waals surface area contributed by atoms with E-state index in [1.165, 1.54) is 30.4 Å². The number of benzene rings is 1. The van der Waals surface area contributed by atoms with E-state index in [-0.39, 0.29) is 11.9 Å². The first kappa shape index (κ1) is 14.9. The van der Waals surface area contributed by atoms with Crippen LogP contribution in [0.1, 0.15) is 44.7 Å². The predicted octanol–water partition coefficient (Wildman–Crippen LogP) is 3.14. The molecule has 3 heteroatoms. The normalized spacial score (nSPS) is 15.6. The van der Waals surface area contributed by atoms with Crippen molar-refractivity contribution in [2.75, 3.05) is 11.9 Å². The van der Waals surface area contributed by atoms with E-state index in [1.54, 1.807) is 0 Å². The number of hydrogen-bond acceptors (Lipinski definition) is 2. The number of amides is 1. The van der Waals surface area contributed by atoms with Gasteiger partial charge >= 0.3 is 0 Å². The SMILES string of the molecule is CC(C)CNC(=O)C(C)Nc1cccc2c1CCCC2. The van der Waals surface area contributed by atoms with Gasteiger partial charge in [-0.15, -0.1) is 0 Å². The van der Waals surface area contributed by atoms with Gasteiger partial charge in [-0.05, 0) is 55.7 Å². The second-order valence-corrected chi connectivity index (χ2v) is 6.16. The molecule has 3 nitrogen and oxygen atoms in total. The van der Waals surface area contributed by atoms with Gasteiger partial charge in [0.2, 0.25) is 5.91 Å². The monoisotopic (exact) mass is 274 g/mol. The van der Waals surface area contributed by atoms with Crippen LogP contribution in [-0.4, -0.2) is 18.5 Å². The molecule has 1 aliphatic rings. The van der Waals surface area contributed by atoms with Crippen molar-refractivity contribution in [3.8, 4) is 0 Å². The fraction of sp³-hybridized carbons (Fsp3) is 0.588. The molecule has 0 bridgehead atoms. The number of nitrogens with one attached hydrogen (secondary N) is 2. The lowest BCUT2D eigenvalue weighted by Gasteiger charge is -2.23. The molecule has 2 rings (SSSR count). The minimum atomic E-state index is -0.192. The van der Waals surface area contributed by atoms with Gasteiger partial charge in [0.1, 0.15) is 6.04 Å². The molecule has 20 heavy (non-hydrogen) atoms. The summed E-state index contributed by atoms with van der Waals surface area (Å²) in [5, 5.41) is 6.36. The molecule has 0 aliphatic heterocycles. The number of hydrogen-bond donors (Lipinski definition) is 2. The van der Waals surface area contributed by atoms with E-state index < -0.39 is 0 Å². The zero-order valence-electron chi connectivity index (χ0n) is 12.8. The van der Waals surface area contributed by atoms with E-state index in [9.17, 15) is 4.79 Å². The molecule has 0 radical (unpaired) electrons. The Kier molecular flexibility index (Phi) is 5.05. The Morgan fingerprint density at radius 3 is 2.70 bits per heavy atom. The lowest BCUT2D eigenvalue weighted by Crippen LogP contribution is -2.39. The largest absolute Gasteiger partial charge is 0.374 e. The first-order valence-corrected chi connectivity index (χ1v) is 7.73. The van der Waals surface area contributed by atoms with Gasteiger partial charge in [0, 0.05) is 12.2 Å². The maximum absolute atomic E-state index is 12.0. The van der Waals surface area contributed by atoms with Gasteiger partial charge in [0.25, 0.3) is 0 Å². The van der Waals surface area contributed by atoms with Crippen LogP contribution in [0.2, 0.25) is 0 Å². The second-order valence-electron chi connectivity index (χ2n) is 6.16. The Morgan fingerprint density at radius 1 is 1.20 bits per heavy atom. The molecule has 2 N–H and O–H groups in total. The van der Waals surface area contributed by atoms with Crippen molar-refractivity contribution in [2.45, 2.75) is 52.5 Å². The number of fused-ring (bicyclic) bond motifs is 1. The quantitative estimate of drug-likeness (QED) is 0.866. The van der Waals surface area contributed by atoms with Crippen LogP contribution in [-0.2, 0) is 17.6 Å². The molecule has 1 atom stereocenters. The van der Waals surface area contributed by atoms with Crippen molar-refractivity contribution in [1.29, 1.82) is 0 Å². The van der Waals surface area contributed by atoms with Gasteiger partial charge in [-0.3, -0.25) is 4.79 Å². The van der Waals surface area contributed by atoms with Crippen LogP contribution in [0.5, 0.6) is 0 Å². The molecule has 1 aliphatic carbocycles. The summed E-state index contributed by atoms with van der Waals surface area (Å²) >= 11 is 0. The highest BCUT2D eigenvalue weighted by Gasteiger charge is 2.17. The predicted molar refractivity (Wildman–Crippen MR) is 84.0 cm³/mol. The van der Waals surface area contributed by atoms with Gasteiger partial charge in [0.15, 0.2) is 0 Å². The Morgan fingerprint density at radius 2 is 1.95 bits per heavy atom. The number of carbonyl (C=O) groups is 1. The molecule has 1 aromatic carbocycles. The molecule has 0 saturated heterocycles. The molecule has 0 aromatic heterocycles. The zero-order chi connectivity index (χ0) is 14.5. The summed E-state index contributed by atoms with van der Waals surface area (Å²) in [4.78, 5) is 12.0. The van der Waals surface area contributed by atoms with Gasteiger partial charge in [-0.2, -0.15) is 0 Å². The summed E-state index contributed by atoms with van der Waals surface area (Å²) in [6.45, 7) is 6.87. The van der Waals surface area contributed by atoms with Crippen molar-refractivity contribution in [3.63, 3.8) is 0 Å². The van der Waals surface area contributed by atoms with Crippen LogP contribution in [0.4, 0.5) is 5.69 Å². The van der Waals surface area contributed by atoms with Crippen molar-refractivity contribution >= 4 is 11.6 Å². The van der Waals surface area contributed by atoms with Gasteiger partial charge < -0.3 is 10.6 Å². The van der Waals surface area contributed by atoms with Gasteiger partial charge in [0.05, 0.1) is 0 Å². The van der Waals surface area contributed by atoms with E-state index in [2.05, 4.69) is 42.7 Å². The molecule has 0 saturated carbocycles. The number of carbonyl (C=O) groups excluding carboxylic acids is 1. The van der Waals surface area contributed by atoms with Crippen molar-refractivity contribution < 1.29 is 4.79 Å². The van der Waals surface area contributed by atoms with Gasteiger partial charge in [-0.25, -0.2) is 0 Å². The van der Waals surface area contributed by atoms with Crippen molar-refractivity contribution in [3.05, 3.63) is 29.3 Å². The second kappa shape index (κ2) is 6.78. The molecule has 0 fully saturated rings. The zero-order valence-corrected chi connectivity index (χ0v) is 12.8. The molecule has 110 valence electrons. The van der Waals surface area contributed by atoms with Crippen molar-refractivity contribution in [2.24, 2.45) is 5.92 Å². The fourth-order valence-electron chi connectivity index (χ4n) is 2.67. The lowest BCUT2D eigenvalue weighted by molar-refractivity contribution is -0.121. The number of aryl methyl sites for hydroxylation is 1. The van der Waals surface area contributed by atoms with Crippen LogP contribution in [0.15, 0.2) is 18.2 Å². The topological polar surface area (TPSA) is 41.1 Å². The lowest BCUT2D eigenvalue weighted by atomic mass is 9.90. The van der Waals surface area contributed by atoms with Crippen molar-refractivity contribution in [1.82, 2.24) is 5.32 Å². The van der Waals surface area contributed by atoms with Gasteiger partial charge in [-0.1, -0.05) is 26.0 Å². The molecular weight excluding hydrogens is 248 g/mol. The molecule has 1 aromatic rings. The average Bonchev–Trinajstić information content (AvgIpc) is 2.45. The minimum Gasteiger partial charge on any atom is -0.374 e. The van der Waals surface area contributed by atoms with E-state index >= 15 is 0 Å². The van der Waals surface area contributed by atoms with Crippen LogP contribution in [0, 0.1) is 5.92 Å². The summed E-state index contributed by atoms with van der Waals surface area (Å²) in [6.07, 6.45) is 4.82. The molecule has 1 amide bonds.